The Bertz CT molecular complexity index is 964. The normalized spacial score (nSPS) is 15.5. The number of halogens is 1. The van der Waals surface area contributed by atoms with E-state index in [4.69, 9.17) is 27.1 Å². The minimum Gasteiger partial charge on any atom is -0.495 e. The van der Waals surface area contributed by atoms with Gasteiger partial charge < -0.3 is 24.9 Å². The molecule has 1 aliphatic heterocycles. The van der Waals surface area contributed by atoms with Gasteiger partial charge in [-0.1, -0.05) is 11.6 Å². The van der Waals surface area contributed by atoms with Crippen molar-refractivity contribution < 1.29 is 9.84 Å². The highest BCUT2D eigenvalue weighted by molar-refractivity contribution is 6.32. The van der Waals surface area contributed by atoms with Crippen LogP contribution in [0.25, 0.3) is 16.9 Å². The summed E-state index contributed by atoms with van der Waals surface area (Å²) in [6.07, 6.45) is 6.08. The van der Waals surface area contributed by atoms with Crippen molar-refractivity contribution in [3.63, 3.8) is 0 Å². The third-order valence-corrected chi connectivity index (χ3v) is 5.46. The molecule has 0 saturated carbocycles. The number of hydrogen-bond donors (Lipinski definition) is 2. The van der Waals surface area contributed by atoms with Crippen molar-refractivity contribution in [2.24, 2.45) is 5.73 Å². The van der Waals surface area contributed by atoms with Crippen molar-refractivity contribution in [3.8, 4) is 17.0 Å². The third kappa shape index (κ3) is 3.48. The van der Waals surface area contributed by atoms with Crippen LogP contribution >= 0.6 is 11.6 Å². The minimum atomic E-state index is -0.115. The number of aliphatic hydroxyl groups excluding tert-OH is 1. The lowest BCUT2D eigenvalue weighted by molar-refractivity contribution is 0.281. The number of aliphatic hydroxyl groups is 1. The Balaban J connectivity index is 1.71. The second-order valence-corrected chi connectivity index (χ2v) is 7.31. The summed E-state index contributed by atoms with van der Waals surface area (Å²) < 4.78 is 7.26. The molecule has 1 saturated heterocycles. The Morgan fingerprint density at radius 2 is 2.04 bits per heavy atom. The van der Waals surface area contributed by atoms with Crippen molar-refractivity contribution in [3.05, 3.63) is 47.2 Å². The summed E-state index contributed by atoms with van der Waals surface area (Å²) in [6.45, 7) is 1.82. The summed E-state index contributed by atoms with van der Waals surface area (Å²) in [7, 11) is 1.56. The number of aromatic nitrogens is 2. The molecule has 27 heavy (non-hydrogen) atoms. The molecule has 3 heterocycles. The smallest absolute Gasteiger partial charge is 0.137 e. The zero-order chi connectivity index (χ0) is 19.0. The first-order valence-electron chi connectivity index (χ1n) is 9.06. The number of benzene rings is 1. The first kappa shape index (κ1) is 18.1. The molecule has 2 aromatic heterocycles. The number of ether oxygens (including phenoxy) is 1. The van der Waals surface area contributed by atoms with E-state index in [1.54, 1.807) is 19.2 Å². The van der Waals surface area contributed by atoms with Crippen LogP contribution in [0.4, 0.5) is 5.69 Å². The summed E-state index contributed by atoms with van der Waals surface area (Å²) >= 11 is 6.29. The maximum Gasteiger partial charge on any atom is 0.137 e. The van der Waals surface area contributed by atoms with Gasteiger partial charge in [0.25, 0.3) is 0 Å². The van der Waals surface area contributed by atoms with Crippen LogP contribution in [0.3, 0.4) is 0 Å². The molecule has 0 unspecified atom stereocenters. The molecule has 7 heteroatoms. The highest BCUT2D eigenvalue weighted by Crippen LogP contribution is 2.34. The van der Waals surface area contributed by atoms with Crippen molar-refractivity contribution >= 4 is 22.9 Å². The fraction of sp³-hybridized carbons (Fsp3) is 0.350. The number of nitrogens with two attached hydrogens (primary N) is 1. The Morgan fingerprint density at radius 1 is 1.26 bits per heavy atom. The zero-order valence-corrected chi connectivity index (χ0v) is 16.0. The fourth-order valence-electron chi connectivity index (χ4n) is 3.58. The molecule has 1 fully saturated rings. The van der Waals surface area contributed by atoms with Gasteiger partial charge in [0.1, 0.15) is 11.4 Å². The Labute approximate surface area is 163 Å². The van der Waals surface area contributed by atoms with E-state index in [-0.39, 0.29) is 6.61 Å². The topological polar surface area (TPSA) is 76.0 Å². The van der Waals surface area contributed by atoms with Gasteiger partial charge in [0.05, 0.1) is 30.1 Å². The molecule has 6 nitrogen and oxygen atoms in total. The van der Waals surface area contributed by atoms with Gasteiger partial charge in [-0.25, -0.2) is 4.98 Å². The number of hydrogen-bond acceptors (Lipinski definition) is 5. The zero-order valence-electron chi connectivity index (χ0n) is 15.2. The second kappa shape index (κ2) is 7.38. The minimum absolute atomic E-state index is 0.115. The standard InChI is InChI=1S/C20H23ClN4O2/c1-27-19-8-13(12-26)16(9-17(19)21)18-11-25-10-15(2-3-20(25)23-18)24-6-4-14(22)5-7-24/h2-3,8-11,14,26H,4-7,12,22H2,1H3. The first-order chi connectivity index (χ1) is 13.1. The van der Waals surface area contributed by atoms with E-state index in [2.05, 4.69) is 17.2 Å². The van der Waals surface area contributed by atoms with E-state index in [9.17, 15) is 5.11 Å². The number of anilines is 1. The van der Waals surface area contributed by atoms with Crippen LogP contribution in [-0.2, 0) is 6.61 Å². The molecule has 0 aliphatic carbocycles. The lowest BCUT2D eigenvalue weighted by atomic mass is 10.1. The number of fused-ring (bicyclic) bond motifs is 1. The Morgan fingerprint density at radius 3 is 2.74 bits per heavy atom. The molecule has 1 aliphatic rings. The SMILES string of the molecule is COc1cc(CO)c(-c2cn3cc(N4CCC(N)CC4)ccc3n2)cc1Cl. The second-order valence-electron chi connectivity index (χ2n) is 6.91. The molecule has 4 rings (SSSR count). The van der Waals surface area contributed by atoms with Gasteiger partial charge >= 0.3 is 0 Å². The highest BCUT2D eigenvalue weighted by atomic mass is 35.5. The summed E-state index contributed by atoms with van der Waals surface area (Å²) in [6, 6.07) is 7.96. The maximum atomic E-state index is 9.75. The van der Waals surface area contributed by atoms with Gasteiger partial charge in [-0.3, -0.25) is 0 Å². The first-order valence-corrected chi connectivity index (χ1v) is 9.43. The number of nitrogens with zero attached hydrogens (tertiary/aromatic N) is 3. The number of methoxy groups -OCH3 is 1. The van der Waals surface area contributed by atoms with Crippen LogP contribution < -0.4 is 15.4 Å². The summed E-state index contributed by atoms with van der Waals surface area (Å²) in [4.78, 5) is 7.05. The highest BCUT2D eigenvalue weighted by Gasteiger charge is 2.18. The molecule has 0 spiro atoms. The number of rotatable bonds is 4. The van der Waals surface area contributed by atoms with E-state index in [0.29, 0.717) is 16.8 Å². The summed E-state index contributed by atoms with van der Waals surface area (Å²) in [5.41, 5.74) is 10.3. The van der Waals surface area contributed by atoms with Crippen LogP contribution in [-0.4, -0.2) is 40.7 Å². The van der Waals surface area contributed by atoms with E-state index in [1.165, 1.54) is 0 Å². The third-order valence-electron chi connectivity index (χ3n) is 5.16. The molecule has 0 atom stereocenters. The van der Waals surface area contributed by atoms with Crippen molar-refractivity contribution in [2.75, 3.05) is 25.1 Å². The summed E-state index contributed by atoms with van der Waals surface area (Å²) in [5, 5.41) is 10.2. The van der Waals surface area contributed by atoms with E-state index >= 15 is 0 Å². The molecule has 3 aromatic rings. The van der Waals surface area contributed by atoms with Crippen LogP contribution in [0.5, 0.6) is 5.75 Å². The average Bonchev–Trinajstić information content (AvgIpc) is 3.11. The van der Waals surface area contributed by atoms with Crippen molar-refractivity contribution in [1.29, 1.82) is 0 Å². The average molecular weight is 387 g/mol. The molecule has 0 radical (unpaired) electrons. The van der Waals surface area contributed by atoms with Gasteiger partial charge in [-0.05, 0) is 42.7 Å². The van der Waals surface area contributed by atoms with Crippen LogP contribution in [0.1, 0.15) is 18.4 Å². The van der Waals surface area contributed by atoms with Gasteiger partial charge in [0.15, 0.2) is 0 Å². The van der Waals surface area contributed by atoms with Gasteiger partial charge in [-0.15, -0.1) is 0 Å². The maximum absolute atomic E-state index is 9.75. The number of piperidine rings is 1. The molecule has 0 amide bonds. The number of pyridine rings is 1. The van der Waals surface area contributed by atoms with E-state index in [0.717, 1.165) is 54.1 Å². The largest absolute Gasteiger partial charge is 0.495 e. The molecule has 0 bridgehead atoms. The molecule has 3 N–H and O–H groups in total. The lowest BCUT2D eigenvalue weighted by Crippen LogP contribution is -2.39. The molecule has 142 valence electrons. The van der Waals surface area contributed by atoms with Crippen molar-refractivity contribution in [2.45, 2.75) is 25.5 Å². The quantitative estimate of drug-likeness (QED) is 0.720. The predicted octanol–water partition coefficient (Wildman–Crippen LogP) is 3.08. The van der Waals surface area contributed by atoms with Crippen LogP contribution in [0.2, 0.25) is 5.02 Å². The monoisotopic (exact) mass is 386 g/mol. The van der Waals surface area contributed by atoms with Crippen molar-refractivity contribution in [1.82, 2.24) is 9.38 Å². The van der Waals surface area contributed by atoms with Crippen LogP contribution in [0.15, 0.2) is 36.7 Å². The lowest BCUT2D eigenvalue weighted by Gasteiger charge is -2.31. The van der Waals surface area contributed by atoms with E-state index in [1.807, 2.05) is 16.7 Å². The van der Waals surface area contributed by atoms with Gasteiger partial charge in [0, 0.05) is 37.1 Å². The van der Waals surface area contributed by atoms with E-state index < -0.39 is 0 Å². The Kier molecular flexibility index (Phi) is 4.95. The molecular weight excluding hydrogens is 364 g/mol. The predicted molar refractivity (Wildman–Crippen MR) is 108 cm³/mol. The molecule has 1 aromatic carbocycles. The van der Waals surface area contributed by atoms with Crippen LogP contribution in [0, 0.1) is 0 Å². The summed E-state index contributed by atoms with van der Waals surface area (Å²) in [5.74, 6) is 0.541. The Hall–Kier alpha value is -2.28. The number of imidazole rings is 1. The van der Waals surface area contributed by atoms with Gasteiger partial charge in [-0.2, -0.15) is 0 Å². The molecular formula is C20H23ClN4O2. The van der Waals surface area contributed by atoms with Gasteiger partial charge in [0.2, 0.25) is 0 Å². The fourth-order valence-corrected chi connectivity index (χ4v) is 3.82.